The van der Waals surface area contributed by atoms with Crippen LogP contribution in [0.3, 0.4) is 0 Å². The predicted molar refractivity (Wildman–Crippen MR) is 100 cm³/mol. The fraction of sp³-hybridized carbons (Fsp3) is 0.211. The lowest BCUT2D eigenvalue weighted by Crippen LogP contribution is -2.29. The fourth-order valence-electron chi connectivity index (χ4n) is 2.38. The van der Waals surface area contributed by atoms with Crippen LogP contribution in [0.5, 0.6) is 0 Å². The van der Waals surface area contributed by atoms with E-state index in [4.69, 9.17) is 0 Å². The standard InChI is InChI=1S/C19H20N4OS/c1-14(15-8-4-2-5-9-15)12-20-17(24)13-25-19-21-18(22-23-19)16-10-6-3-7-11-16/h2-11,14H,12-13H2,1H3,(H,20,24)(H,21,22,23)/t14-/m1/s1. The number of amides is 1. The number of carbonyl (C=O) groups excluding carboxylic acids is 1. The molecule has 1 aromatic heterocycles. The first-order valence-corrected chi connectivity index (χ1v) is 9.13. The fourth-order valence-corrected chi connectivity index (χ4v) is 3.01. The van der Waals surface area contributed by atoms with Crippen LogP contribution in [0.4, 0.5) is 0 Å². The van der Waals surface area contributed by atoms with Crippen LogP contribution < -0.4 is 5.32 Å². The van der Waals surface area contributed by atoms with Crippen molar-refractivity contribution in [3.05, 3.63) is 66.2 Å². The summed E-state index contributed by atoms with van der Waals surface area (Å²) in [6.07, 6.45) is 0. The topological polar surface area (TPSA) is 70.7 Å². The minimum atomic E-state index is -0.0150. The van der Waals surface area contributed by atoms with Gasteiger partial charge in [0.15, 0.2) is 5.82 Å². The molecule has 0 aliphatic rings. The van der Waals surface area contributed by atoms with E-state index in [2.05, 4.69) is 39.6 Å². The van der Waals surface area contributed by atoms with Crippen LogP contribution in [0.1, 0.15) is 18.4 Å². The summed E-state index contributed by atoms with van der Waals surface area (Å²) in [6, 6.07) is 19.9. The van der Waals surface area contributed by atoms with Gasteiger partial charge in [-0.15, -0.1) is 5.10 Å². The zero-order valence-electron chi connectivity index (χ0n) is 14.0. The van der Waals surface area contributed by atoms with Gasteiger partial charge in [0.1, 0.15) is 0 Å². The van der Waals surface area contributed by atoms with Crippen LogP contribution in [0.25, 0.3) is 11.4 Å². The van der Waals surface area contributed by atoms with Gasteiger partial charge in [0.2, 0.25) is 11.1 Å². The van der Waals surface area contributed by atoms with Gasteiger partial charge in [0.05, 0.1) is 5.75 Å². The summed E-state index contributed by atoms with van der Waals surface area (Å²) in [5, 5.41) is 10.6. The number of benzene rings is 2. The van der Waals surface area contributed by atoms with Crippen molar-refractivity contribution in [1.29, 1.82) is 0 Å². The summed E-state index contributed by atoms with van der Waals surface area (Å²) < 4.78 is 0. The molecule has 0 radical (unpaired) electrons. The van der Waals surface area contributed by atoms with E-state index in [1.54, 1.807) is 0 Å². The second kappa shape index (κ2) is 8.48. The molecule has 0 aliphatic heterocycles. The first-order valence-electron chi connectivity index (χ1n) is 8.14. The maximum Gasteiger partial charge on any atom is 0.230 e. The number of nitrogens with one attached hydrogen (secondary N) is 2. The van der Waals surface area contributed by atoms with Crippen LogP contribution in [-0.4, -0.2) is 33.4 Å². The van der Waals surface area contributed by atoms with E-state index in [1.807, 2.05) is 48.5 Å². The molecule has 1 amide bonds. The van der Waals surface area contributed by atoms with E-state index in [9.17, 15) is 4.79 Å². The van der Waals surface area contributed by atoms with Crippen molar-refractivity contribution in [2.75, 3.05) is 12.3 Å². The molecule has 6 heteroatoms. The molecular weight excluding hydrogens is 332 g/mol. The van der Waals surface area contributed by atoms with Gasteiger partial charge in [-0.1, -0.05) is 79.3 Å². The van der Waals surface area contributed by atoms with Crippen molar-refractivity contribution >= 4 is 17.7 Å². The highest BCUT2D eigenvalue weighted by Crippen LogP contribution is 2.18. The summed E-state index contributed by atoms with van der Waals surface area (Å²) in [4.78, 5) is 16.4. The average Bonchev–Trinajstić information content (AvgIpc) is 3.15. The Kier molecular flexibility index (Phi) is 5.85. The van der Waals surface area contributed by atoms with Crippen molar-refractivity contribution < 1.29 is 4.79 Å². The molecule has 3 aromatic rings. The molecule has 0 aliphatic carbocycles. The van der Waals surface area contributed by atoms with Gasteiger partial charge in [0.25, 0.3) is 0 Å². The Balaban J connectivity index is 1.46. The summed E-state index contributed by atoms with van der Waals surface area (Å²) in [5.41, 5.74) is 2.19. The number of carbonyl (C=O) groups is 1. The number of H-pyrrole nitrogens is 1. The Bertz CT molecular complexity index is 805. The Morgan fingerprint density at radius 2 is 1.80 bits per heavy atom. The monoisotopic (exact) mass is 352 g/mol. The first kappa shape index (κ1) is 17.2. The molecular formula is C19H20N4OS. The lowest BCUT2D eigenvalue weighted by atomic mass is 10.0. The lowest BCUT2D eigenvalue weighted by Gasteiger charge is -2.12. The number of rotatable bonds is 7. The largest absolute Gasteiger partial charge is 0.355 e. The Morgan fingerprint density at radius 3 is 2.52 bits per heavy atom. The number of thioether (sulfide) groups is 1. The van der Waals surface area contributed by atoms with Crippen LogP contribution in [-0.2, 0) is 4.79 Å². The van der Waals surface area contributed by atoms with Gasteiger partial charge < -0.3 is 5.32 Å². The molecule has 1 heterocycles. The molecule has 2 N–H and O–H groups in total. The summed E-state index contributed by atoms with van der Waals surface area (Å²) in [7, 11) is 0. The number of nitrogens with zero attached hydrogens (tertiary/aromatic N) is 2. The molecule has 25 heavy (non-hydrogen) atoms. The molecule has 128 valence electrons. The van der Waals surface area contributed by atoms with Gasteiger partial charge in [-0.25, -0.2) is 4.98 Å². The Morgan fingerprint density at radius 1 is 1.12 bits per heavy atom. The Labute approximate surface area is 151 Å². The summed E-state index contributed by atoms with van der Waals surface area (Å²) in [5.74, 6) is 1.27. The van der Waals surface area contributed by atoms with Gasteiger partial charge in [0, 0.05) is 12.1 Å². The number of aromatic amines is 1. The maximum absolute atomic E-state index is 12.0. The van der Waals surface area contributed by atoms with E-state index < -0.39 is 0 Å². The lowest BCUT2D eigenvalue weighted by molar-refractivity contribution is -0.118. The van der Waals surface area contributed by atoms with E-state index in [0.29, 0.717) is 23.3 Å². The SMILES string of the molecule is C[C@H](CNC(=O)CSc1n[nH]c(-c2ccccc2)n1)c1ccccc1. The summed E-state index contributed by atoms with van der Waals surface area (Å²) in [6.45, 7) is 2.72. The van der Waals surface area contributed by atoms with Crippen LogP contribution in [0.15, 0.2) is 65.8 Å². The summed E-state index contributed by atoms with van der Waals surface area (Å²) >= 11 is 1.33. The van der Waals surface area contributed by atoms with Crippen LogP contribution in [0.2, 0.25) is 0 Å². The number of hydrogen-bond donors (Lipinski definition) is 2. The van der Waals surface area contributed by atoms with E-state index in [1.165, 1.54) is 17.3 Å². The van der Waals surface area contributed by atoms with Crippen LogP contribution in [0, 0.1) is 0 Å². The minimum absolute atomic E-state index is 0.0150. The molecule has 2 aromatic carbocycles. The Hall–Kier alpha value is -2.60. The molecule has 0 saturated heterocycles. The smallest absolute Gasteiger partial charge is 0.230 e. The number of hydrogen-bond acceptors (Lipinski definition) is 4. The normalized spacial score (nSPS) is 11.9. The highest BCUT2D eigenvalue weighted by molar-refractivity contribution is 7.99. The van der Waals surface area contributed by atoms with Gasteiger partial charge in [-0.3, -0.25) is 9.89 Å². The van der Waals surface area contributed by atoms with E-state index in [0.717, 1.165) is 5.56 Å². The molecule has 0 bridgehead atoms. The third kappa shape index (κ3) is 4.93. The third-order valence-electron chi connectivity index (χ3n) is 3.82. The van der Waals surface area contributed by atoms with E-state index in [-0.39, 0.29) is 11.8 Å². The van der Waals surface area contributed by atoms with Gasteiger partial charge in [-0.05, 0) is 11.5 Å². The molecule has 0 fully saturated rings. The second-order valence-electron chi connectivity index (χ2n) is 5.74. The quantitative estimate of drug-likeness (QED) is 0.639. The molecule has 5 nitrogen and oxygen atoms in total. The van der Waals surface area contributed by atoms with Crippen molar-refractivity contribution in [1.82, 2.24) is 20.5 Å². The average molecular weight is 352 g/mol. The van der Waals surface area contributed by atoms with E-state index >= 15 is 0 Å². The molecule has 0 saturated carbocycles. The molecule has 0 spiro atoms. The van der Waals surface area contributed by atoms with Gasteiger partial charge in [-0.2, -0.15) is 0 Å². The van der Waals surface area contributed by atoms with Crippen molar-refractivity contribution in [3.63, 3.8) is 0 Å². The third-order valence-corrected chi connectivity index (χ3v) is 4.67. The van der Waals surface area contributed by atoms with Crippen molar-refractivity contribution in [2.24, 2.45) is 0 Å². The number of aromatic nitrogens is 3. The predicted octanol–water partition coefficient (Wildman–Crippen LogP) is 3.48. The molecule has 3 rings (SSSR count). The minimum Gasteiger partial charge on any atom is -0.355 e. The van der Waals surface area contributed by atoms with Crippen molar-refractivity contribution in [3.8, 4) is 11.4 Å². The zero-order valence-corrected chi connectivity index (χ0v) is 14.8. The first-order chi connectivity index (χ1) is 12.2. The molecule has 0 unspecified atom stereocenters. The van der Waals surface area contributed by atoms with Gasteiger partial charge >= 0.3 is 0 Å². The van der Waals surface area contributed by atoms with Crippen LogP contribution >= 0.6 is 11.8 Å². The zero-order chi connectivity index (χ0) is 17.5. The maximum atomic E-state index is 12.0. The second-order valence-corrected chi connectivity index (χ2v) is 6.68. The highest BCUT2D eigenvalue weighted by atomic mass is 32.2. The highest BCUT2D eigenvalue weighted by Gasteiger charge is 2.10. The van der Waals surface area contributed by atoms with Crippen molar-refractivity contribution in [2.45, 2.75) is 18.0 Å². The molecule has 1 atom stereocenters.